The summed E-state index contributed by atoms with van der Waals surface area (Å²) in [6.45, 7) is 5.33. The van der Waals surface area contributed by atoms with Gasteiger partial charge in [0.05, 0.1) is 18.8 Å². The number of aliphatic hydroxyl groups is 1. The van der Waals surface area contributed by atoms with Crippen molar-refractivity contribution >= 4 is 16.6 Å². The summed E-state index contributed by atoms with van der Waals surface area (Å²) in [6.07, 6.45) is 5.05. The first-order chi connectivity index (χ1) is 17.5. The second-order valence-electron chi connectivity index (χ2n) is 12.1. The highest BCUT2D eigenvalue weighted by molar-refractivity contribution is 5.85. The molecular weight excluding hydrogens is 451 g/mol. The summed E-state index contributed by atoms with van der Waals surface area (Å²) in [5.74, 6) is 0. The number of rotatable bonds is 8. The lowest BCUT2D eigenvalue weighted by Crippen LogP contribution is -2.77. The summed E-state index contributed by atoms with van der Waals surface area (Å²) in [4.78, 5) is 8.93. The number of aromatic nitrogens is 1. The van der Waals surface area contributed by atoms with Crippen LogP contribution in [0, 0.1) is 5.41 Å². The number of H-pyrrole nitrogens is 1. The molecule has 2 unspecified atom stereocenters. The van der Waals surface area contributed by atoms with Gasteiger partial charge in [0.25, 0.3) is 0 Å². The molecule has 2 aromatic carbocycles. The molecule has 190 valence electrons. The van der Waals surface area contributed by atoms with Gasteiger partial charge in [-0.2, -0.15) is 0 Å². The Labute approximate surface area is 212 Å². The second-order valence-corrected chi connectivity index (χ2v) is 12.1. The number of alkyl halides is 1. The highest BCUT2D eigenvalue weighted by atomic mass is 19.1. The van der Waals surface area contributed by atoms with E-state index in [1.165, 1.54) is 27.7 Å². The van der Waals surface area contributed by atoms with Gasteiger partial charge in [-0.1, -0.05) is 30.3 Å². The van der Waals surface area contributed by atoms with Crippen LogP contribution in [0.1, 0.15) is 55.5 Å². The molecule has 0 amide bonds. The quantitative estimate of drug-likeness (QED) is 0.423. The molecule has 0 spiro atoms. The van der Waals surface area contributed by atoms with Crippen molar-refractivity contribution in [3.63, 3.8) is 0 Å². The maximum atomic E-state index is 12.4. The molecule has 5 aliphatic rings. The molecule has 3 N–H and O–H groups in total. The number of hydrogen-bond donors (Lipinski definition) is 3. The minimum absolute atomic E-state index is 0.180. The van der Waals surface area contributed by atoms with Gasteiger partial charge in [0.1, 0.15) is 0 Å². The minimum Gasteiger partial charge on any atom is -0.396 e. The van der Waals surface area contributed by atoms with E-state index in [-0.39, 0.29) is 23.7 Å². The summed E-state index contributed by atoms with van der Waals surface area (Å²) >= 11 is 0. The zero-order valence-corrected chi connectivity index (χ0v) is 21.1. The van der Waals surface area contributed by atoms with Crippen LogP contribution in [0.3, 0.4) is 0 Å². The summed E-state index contributed by atoms with van der Waals surface area (Å²) < 4.78 is 12.4. The molecule has 3 aromatic rings. The van der Waals surface area contributed by atoms with Gasteiger partial charge in [-0.15, -0.1) is 0 Å². The first-order valence-electron chi connectivity index (χ1n) is 13.7. The number of benzene rings is 2. The molecule has 0 radical (unpaired) electrons. The van der Waals surface area contributed by atoms with Gasteiger partial charge < -0.3 is 15.4 Å². The minimum atomic E-state index is -0.229. The maximum Gasteiger partial charge on any atom is 0.0906 e. The Morgan fingerprint density at radius 2 is 1.83 bits per heavy atom. The van der Waals surface area contributed by atoms with Crippen LogP contribution in [0.2, 0.25) is 0 Å². The Bertz CT molecular complexity index is 1240. The van der Waals surface area contributed by atoms with E-state index < -0.39 is 0 Å². The highest BCUT2D eigenvalue weighted by Crippen LogP contribution is 2.71. The van der Waals surface area contributed by atoms with Gasteiger partial charge in [0.2, 0.25) is 0 Å². The number of halogens is 1. The van der Waals surface area contributed by atoms with Crippen molar-refractivity contribution in [2.45, 2.75) is 62.7 Å². The molecule has 2 aliphatic heterocycles. The molecule has 3 heterocycles. The van der Waals surface area contributed by atoms with Crippen molar-refractivity contribution < 1.29 is 9.50 Å². The van der Waals surface area contributed by atoms with Crippen molar-refractivity contribution in [1.29, 1.82) is 0 Å². The van der Waals surface area contributed by atoms with E-state index in [0.717, 1.165) is 51.0 Å². The number of likely N-dealkylation sites (tertiary alicyclic amines) is 1. The van der Waals surface area contributed by atoms with Crippen molar-refractivity contribution in [3.05, 3.63) is 65.4 Å². The van der Waals surface area contributed by atoms with Gasteiger partial charge in [0.15, 0.2) is 0 Å². The summed E-state index contributed by atoms with van der Waals surface area (Å²) in [6, 6.07) is 18.9. The third-order valence-corrected chi connectivity index (χ3v) is 9.53. The van der Waals surface area contributed by atoms with Crippen LogP contribution in [0.25, 0.3) is 10.9 Å². The molecular formula is C30H37FN4O. The van der Waals surface area contributed by atoms with E-state index in [0.29, 0.717) is 25.1 Å². The normalized spacial score (nSPS) is 32.0. The predicted molar refractivity (Wildman–Crippen MR) is 142 cm³/mol. The Kier molecular flexibility index (Phi) is 5.25. The topological polar surface area (TPSA) is 54.5 Å². The molecule has 8 rings (SSSR count). The number of hydrogen-bond acceptors (Lipinski definition) is 4. The van der Waals surface area contributed by atoms with Gasteiger partial charge in [-0.05, 0) is 73.8 Å². The van der Waals surface area contributed by atoms with E-state index in [1.54, 1.807) is 0 Å². The number of fused-ring (bicyclic) bond motifs is 3. The van der Waals surface area contributed by atoms with Crippen LogP contribution in [0.5, 0.6) is 0 Å². The van der Waals surface area contributed by atoms with Crippen molar-refractivity contribution in [1.82, 2.24) is 14.8 Å². The highest BCUT2D eigenvalue weighted by Gasteiger charge is 2.71. The smallest absolute Gasteiger partial charge is 0.0906 e. The Hall–Kier alpha value is -2.41. The predicted octanol–water partition coefficient (Wildman–Crippen LogP) is 4.87. The van der Waals surface area contributed by atoms with Crippen LogP contribution in [-0.2, 0) is 6.42 Å². The summed E-state index contributed by atoms with van der Waals surface area (Å²) in [5.41, 5.74) is 6.93. The molecule has 6 heteroatoms. The number of aromatic amines is 1. The lowest BCUT2D eigenvalue weighted by molar-refractivity contribution is -0.254. The van der Waals surface area contributed by atoms with Crippen molar-refractivity contribution in [2.75, 3.05) is 38.2 Å². The van der Waals surface area contributed by atoms with Crippen LogP contribution in [0.4, 0.5) is 10.1 Å². The van der Waals surface area contributed by atoms with Gasteiger partial charge >= 0.3 is 0 Å². The molecule has 2 bridgehead atoms. The maximum absolute atomic E-state index is 12.4. The van der Waals surface area contributed by atoms with Crippen molar-refractivity contribution in [2.24, 2.45) is 5.41 Å². The van der Waals surface area contributed by atoms with E-state index in [1.807, 2.05) is 0 Å². The largest absolute Gasteiger partial charge is 0.396 e. The van der Waals surface area contributed by atoms with Crippen LogP contribution >= 0.6 is 0 Å². The standard InChI is InChI=1S/C30H37FN4O/c1-20-13-25-24-5-2-3-6-26(24)33-27(25)28(35(20)30-16-29(17-30,18-30)19-36)21-7-9-22(10-8-21)32-23-14-34(15-23)12-4-11-31/h2-3,5-10,20,23,28,32-33,36H,4,11-19H2,1H3. The van der Waals surface area contributed by atoms with Gasteiger partial charge in [-0.3, -0.25) is 14.2 Å². The monoisotopic (exact) mass is 488 g/mol. The Balaban J connectivity index is 1.18. The van der Waals surface area contributed by atoms with Crippen molar-refractivity contribution in [3.8, 4) is 0 Å². The SMILES string of the molecule is CC1Cc2c([nH]c3ccccc23)C(c2ccc(NC3CN(CCCF)C3)cc2)N1C12CC(CO)(C1)C2. The van der Waals surface area contributed by atoms with E-state index >= 15 is 0 Å². The second kappa shape index (κ2) is 8.30. The first-order valence-corrected chi connectivity index (χ1v) is 13.7. The molecule has 1 aromatic heterocycles. The van der Waals surface area contributed by atoms with Crippen LogP contribution in [-0.4, -0.2) is 70.4 Å². The van der Waals surface area contributed by atoms with E-state index in [9.17, 15) is 9.50 Å². The zero-order valence-electron chi connectivity index (χ0n) is 21.1. The van der Waals surface area contributed by atoms with E-state index in [2.05, 4.69) is 75.6 Å². The fourth-order valence-corrected chi connectivity index (χ4v) is 8.03. The summed E-state index contributed by atoms with van der Waals surface area (Å²) in [7, 11) is 0. The van der Waals surface area contributed by atoms with Crippen LogP contribution in [0.15, 0.2) is 48.5 Å². The van der Waals surface area contributed by atoms with E-state index in [4.69, 9.17) is 0 Å². The summed E-state index contributed by atoms with van der Waals surface area (Å²) in [5, 5.41) is 15.0. The average Bonchev–Trinajstić information content (AvgIpc) is 3.18. The molecule has 3 aliphatic carbocycles. The van der Waals surface area contributed by atoms with Gasteiger partial charge in [-0.25, -0.2) is 0 Å². The molecule has 3 saturated carbocycles. The van der Waals surface area contributed by atoms with Crippen LogP contribution < -0.4 is 5.32 Å². The lowest BCUT2D eigenvalue weighted by atomic mass is 9.38. The Morgan fingerprint density at radius 3 is 2.56 bits per heavy atom. The zero-order chi connectivity index (χ0) is 24.5. The molecule has 5 nitrogen and oxygen atoms in total. The molecule has 4 fully saturated rings. The first kappa shape index (κ1) is 22.8. The number of anilines is 1. The van der Waals surface area contributed by atoms with Gasteiger partial charge in [0, 0.05) is 60.1 Å². The third kappa shape index (κ3) is 3.37. The molecule has 2 atom stereocenters. The Morgan fingerprint density at radius 1 is 1.08 bits per heavy atom. The average molecular weight is 489 g/mol. The molecule has 36 heavy (non-hydrogen) atoms. The number of aliphatic hydroxyl groups excluding tert-OH is 1. The number of nitrogens with one attached hydrogen (secondary N) is 2. The fourth-order valence-electron chi connectivity index (χ4n) is 8.03. The lowest BCUT2D eigenvalue weighted by Gasteiger charge is -2.76. The fraction of sp³-hybridized carbons (Fsp3) is 0.533. The number of para-hydroxylation sites is 1. The number of nitrogens with zero attached hydrogens (tertiary/aromatic N) is 2. The third-order valence-electron chi connectivity index (χ3n) is 9.53. The molecule has 1 saturated heterocycles.